The Labute approximate surface area is 105 Å². The number of nitrogens with zero attached hydrogens (tertiary/aromatic N) is 1. The summed E-state index contributed by atoms with van der Waals surface area (Å²) in [5.74, 6) is -1.48. The molecule has 0 aliphatic heterocycles. The number of carbonyl (C=O) groups excluding carboxylic acids is 1. The van der Waals surface area contributed by atoms with E-state index in [1.54, 1.807) is 19.1 Å². The van der Waals surface area contributed by atoms with Crippen LogP contribution in [0.15, 0.2) is 18.2 Å². The Morgan fingerprint density at radius 1 is 1.47 bits per heavy atom. The van der Waals surface area contributed by atoms with Crippen molar-refractivity contribution >= 4 is 33.3 Å². The number of carboxylic acids is 1. The molecule has 17 heavy (non-hydrogen) atoms. The molecule has 7 heteroatoms. The fraction of sp³-hybridized carbons (Fsp3) is 0.300. The maximum absolute atomic E-state index is 11.5. The zero-order valence-electron chi connectivity index (χ0n) is 9.31. The van der Waals surface area contributed by atoms with Gasteiger partial charge in [0.2, 0.25) is 10.0 Å². The maximum atomic E-state index is 11.5. The second kappa shape index (κ2) is 4.93. The lowest BCUT2D eigenvalue weighted by Gasteiger charge is -2.24. The van der Waals surface area contributed by atoms with Gasteiger partial charge in [0.05, 0.1) is 24.5 Å². The number of carboxylic acid groups (broad SMARTS) is 1. The fourth-order valence-corrected chi connectivity index (χ4v) is 2.43. The van der Waals surface area contributed by atoms with Gasteiger partial charge >= 0.3 is 0 Å². The van der Waals surface area contributed by atoms with E-state index in [9.17, 15) is 18.3 Å². The molecule has 1 rings (SSSR count). The lowest BCUT2D eigenvalue weighted by Crippen LogP contribution is -2.41. The number of aliphatic carboxylic acids is 1. The summed E-state index contributed by atoms with van der Waals surface area (Å²) in [5, 5.41) is 10.9. The molecule has 5 nitrogen and oxygen atoms in total. The van der Waals surface area contributed by atoms with Crippen molar-refractivity contribution < 1.29 is 18.3 Å². The zero-order valence-corrected chi connectivity index (χ0v) is 10.9. The first-order valence-corrected chi connectivity index (χ1v) is 6.89. The van der Waals surface area contributed by atoms with Gasteiger partial charge in [-0.2, -0.15) is 0 Å². The van der Waals surface area contributed by atoms with Crippen LogP contribution in [0, 0.1) is 6.92 Å². The second-order valence-corrected chi connectivity index (χ2v) is 5.84. The Balaban J connectivity index is 3.32. The molecule has 1 aromatic carbocycles. The van der Waals surface area contributed by atoms with Crippen LogP contribution in [0.25, 0.3) is 0 Å². The van der Waals surface area contributed by atoms with Crippen molar-refractivity contribution in [2.24, 2.45) is 0 Å². The van der Waals surface area contributed by atoms with E-state index >= 15 is 0 Å². The van der Waals surface area contributed by atoms with Crippen LogP contribution in [-0.4, -0.2) is 27.2 Å². The Hall–Kier alpha value is -1.27. The SMILES string of the molecule is Cc1c(Cl)cccc1N(CC(=O)[O-])S(C)(=O)=O. The van der Waals surface area contributed by atoms with Crippen LogP contribution in [0.2, 0.25) is 5.02 Å². The van der Waals surface area contributed by atoms with Crippen molar-refractivity contribution in [2.45, 2.75) is 6.92 Å². The summed E-state index contributed by atoms with van der Waals surface area (Å²) in [6.45, 7) is 0.880. The number of sulfonamides is 1. The number of benzene rings is 1. The third-order valence-electron chi connectivity index (χ3n) is 2.18. The zero-order chi connectivity index (χ0) is 13.2. The van der Waals surface area contributed by atoms with Crippen LogP contribution in [-0.2, 0) is 14.8 Å². The van der Waals surface area contributed by atoms with E-state index in [4.69, 9.17) is 11.6 Å². The van der Waals surface area contributed by atoms with Crippen molar-refractivity contribution in [3.63, 3.8) is 0 Å². The van der Waals surface area contributed by atoms with Crippen molar-refractivity contribution in [2.75, 3.05) is 17.1 Å². The summed E-state index contributed by atoms with van der Waals surface area (Å²) in [7, 11) is -3.70. The van der Waals surface area contributed by atoms with Crippen LogP contribution in [0.3, 0.4) is 0 Å². The van der Waals surface area contributed by atoms with Gasteiger partial charge < -0.3 is 9.90 Å². The molecule has 1 aromatic rings. The third kappa shape index (κ3) is 3.34. The van der Waals surface area contributed by atoms with E-state index in [-0.39, 0.29) is 5.69 Å². The van der Waals surface area contributed by atoms with E-state index in [0.29, 0.717) is 10.6 Å². The molecule has 0 unspecified atom stereocenters. The average molecular weight is 277 g/mol. The van der Waals surface area contributed by atoms with Crippen molar-refractivity contribution in [1.29, 1.82) is 0 Å². The predicted octanol–water partition coefficient (Wildman–Crippen LogP) is 0.164. The van der Waals surface area contributed by atoms with E-state index in [0.717, 1.165) is 10.6 Å². The maximum Gasteiger partial charge on any atom is 0.232 e. The van der Waals surface area contributed by atoms with Crippen molar-refractivity contribution in [3.05, 3.63) is 28.8 Å². The Bertz CT molecular complexity index is 541. The first-order chi connectivity index (χ1) is 7.73. The highest BCUT2D eigenvalue weighted by Crippen LogP contribution is 2.27. The first-order valence-electron chi connectivity index (χ1n) is 4.66. The number of carbonyl (C=O) groups is 1. The largest absolute Gasteiger partial charge is 0.548 e. The van der Waals surface area contributed by atoms with Gasteiger partial charge in [-0.25, -0.2) is 8.42 Å². The minimum absolute atomic E-state index is 0.240. The molecule has 0 aliphatic rings. The second-order valence-electron chi connectivity index (χ2n) is 3.53. The first kappa shape index (κ1) is 13.8. The highest BCUT2D eigenvalue weighted by Gasteiger charge is 2.20. The van der Waals surface area contributed by atoms with E-state index in [2.05, 4.69) is 0 Å². The molecule has 0 N–H and O–H groups in total. The summed E-state index contributed by atoms with van der Waals surface area (Å²) < 4.78 is 23.8. The number of anilines is 1. The summed E-state index contributed by atoms with van der Waals surface area (Å²) in [6, 6.07) is 4.64. The monoisotopic (exact) mass is 276 g/mol. The number of halogens is 1. The van der Waals surface area contributed by atoms with Gasteiger partial charge in [0.25, 0.3) is 0 Å². The number of hydrogen-bond acceptors (Lipinski definition) is 4. The summed E-state index contributed by atoms with van der Waals surface area (Å²) >= 11 is 5.86. The summed E-state index contributed by atoms with van der Waals surface area (Å²) in [4.78, 5) is 10.6. The number of hydrogen-bond donors (Lipinski definition) is 0. The minimum Gasteiger partial charge on any atom is -0.548 e. The van der Waals surface area contributed by atoms with Crippen LogP contribution in [0.4, 0.5) is 5.69 Å². The molecule has 0 heterocycles. The van der Waals surface area contributed by atoms with Crippen LogP contribution in [0.1, 0.15) is 5.56 Å². The minimum atomic E-state index is -3.70. The van der Waals surface area contributed by atoms with Crippen LogP contribution < -0.4 is 9.41 Å². The summed E-state index contributed by atoms with van der Waals surface area (Å²) in [5.41, 5.74) is 0.741. The van der Waals surface area contributed by atoms with Gasteiger partial charge in [-0.3, -0.25) is 4.31 Å². The predicted molar refractivity (Wildman–Crippen MR) is 63.4 cm³/mol. The van der Waals surface area contributed by atoms with E-state index in [1.807, 2.05) is 0 Å². The van der Waals surface area contributed by atoms with Crippen LogP contribution >= 0.6 is 11.6 Å². The molecule has 0 aliphatic carbocycles. The van der Waals surface area contributed by atoms with Gasteiger partial charge in [-0.15, -0.1) is 0 Å². The molecule has 0 spiro atoms. The average Bonchev–Trinajstić information content (AvgIpc) is 2.17. The lowest BCUT2D eigenvalue weighted by atomic mass is 10.2. The molecule has 0 bridgehead atoms. The summed E-state index contributed by atoms with van der Waals surface area (Å²) in [6.07, 6.45) is 0.927. The Morgan fingerprint density at radius 2 is 2.06 bits per heavy atom. The van der Waals surface area contributed by atoms with Gasteiger partial charge in [0.1, 0.15) is 0 Å². The van der Waals surface area contributed by atoms with E-state index in [1.165, 1.54) is 6.07 Å². The van der Waals surface area contributed by atoms with Crippen LogP contribution in [0.5, 0.6) is 0 Å². The normalized spacial score (nSPS) is 11.2. The molecular formula is C10H11ClNO4S-. The molecule has 0 radical (unpaired) electrons. The van der Waals surface area contributed by atoms with Gasteiger partial charge in [0.15, 0.2) is 0 Å². The Morgan fingerprint density at radius 3 is 2.53 bits per heavy atom. The highest BCUT2D eigenvalue weighted by atomic mass is 35.5. The Kier molecular flexibility index (Phi) is 4.00. The van der Waals surface area contributed by atoms with Gasteiger partial charge in [-0.05, 0) is 24.6 Å². The highest BCUT2D eigenvalue weighted by molar-refractivity contribution is 7.92. The standard InChI is InChI=1S/C10H12ClNO4S/c1-7-8(11)4-3-5-9(7)12(6-10(13)14)17(2,15)16/h3-5H,6H2,1-2H3,(H,13,14)/p-1. The number of rotatable bonds is 4. The van der Waals surface area contributed by atoms with Crippen molar-refractivity contribution in [1.82, 2.24) is 0 Å². The molecule has 0 amide bonds. The third-order valence-corrected chi connectivity index (χ3v) is 3.72. The lowest BCUT2D eigenvalue weighted by molar-refractivity contribution is -0.303. The van der Waals surface area contributed by atoms with Gasteiger partial charge in [0, 0.05) is 5.02 Å². The molecular weight excluding hydrogens is 266 g/mol. The topological polar surface area (TPSA) is 77.5 Å². The molecule has 0 saturated carbocycles. The smallest absolute Gasteiger partial charge is 0.232 e. The molecule has 94 valence electrons. The van der Waals surface area contributed by atoms with E-state index < -0.39 is 22.5 Å². The van der Waals surface area contributed by atoms with Gasteiger partial charge in [-0.1, -0.05) is 17.7 Å². The fourth-order valence-electron chi connectivity index (χ4n) is 1.36. The molecule has 0 saturated heterocycles. The molecule has 0 atom stereocenters. The molecule has 0 aromatic heterocycles. The quantitative estimate of drug-likeness (QED) is 0.785. The molecule has 0 fully saturated rings. The van der Waals surface area contributed by atoms with Crippen molar-refractivity contribution in [3.8, 4) is 0 Å².